The summed E-state index contributed by atoms with van der Waals surface area (Å²) in [4.78, 5) is 10.2. The molecule has 0 aliphatic heterocycles. The summed E-state index contributed by atoms with van der Waals surface area (Å²) < 4.78 is 4.88. The number of ether oxygens (including phenoxy) is 1. The first kappa shape index (κ1) is 10.4. The van der Waals surface area contributed by atoms with Crippen molar-refractivity contribution in [3.63, 3.8) is 0 Å². The molecule has 0 aliphatic carbocycles. The van der Waals surface area contributed by atoms with Crippen molar-refractivity contribution in [2.45, 2.75) is 12.8 Å². The number of carbonyl (C=O) groups excluding carboxylic acids is 1. The van der Waals surface area contributed by atoms with E-state index >= 15 is 0 Å². The summed E-state index contributed by atoms with van der Waals surface area (Å²) in [6.07, 6.45) is 0.131. The number of methoxy groups -OCH3 is 1. The van der Waals surface area contributed by atoms with Gasteiger partial charge in [-0.15, -0.1) is 0 Å². The normalized spacial score (nSPS) is 9.79. The Hall–Kier alpha value is -1.71. The fraction of sp³-hybridized carbons (Fsp3) is 0.300. The molecule has 1 aromatic rings. The van der Waals surface area contributed by atoms with Crippen LogP contribution in [-0.2, 0) is 11.2 Å². The Morgan fingerprint density at radius 3 is 2.86 bits per heavy atom. The zero-order valence-corrected chi connectivity index (χ0v) is 7.82. The van der Waals surface area contributed by atoms with Crippen LogP contribution in [0.2, 0.25) is 0 Å². The number of aromatic hydroxyl groups is 1. The second kappa shape index (κ2) is 4.50. The van der Waals surface area contributed by atoms with Gasteiger partial charge in [0.05, 0.1) is 7.11 Å². The van der Waals surface area contributed by atoms with E-state index in [1.54, 1.807) is 18.2 Å². The largest absolute Gasteiger partial charge is 0.550 e. The molecule has 0 bridgehead atoms. The number of carboxylic acids is 1. The van der Waals surface area contributed by atoms with E-state index in [9.17, 15) is 15.0 Å². The predicted octanol–water partition coefficient (Wildman–Crippen LogP) is 0.0833. The zero-order chi connectivity index (χ0) is 10.6. The van der Waals surface area contributed by atoms with Gasteiger partial charge in [-0.3, -0.25) is 0 Å². The first-order chi connectivity index (χ1) is 6.65. The lowest BCUT2D eigenvalue weighted by Crippen LogP contribution is -2.22. The van der Waals surface area contributed by atoms with E-state index in [4.69, 9.17) is 4.74 Å². The molecule has 0 spiro atoms. The molecule has 0 saturated carbocycles. The topological polar surface area (TPSA) is 69.6 Å². The first-order valence-electron chi connectivity index (χ1n) is 4.20. The molecule has 0 fully saturated rings. The minimum atomic E-state index is -1.13. The zero-order valence-electron chi connectivity index (χ0n) is 7.82. The Kier molecular flexibility index (Phi) is 3.34. The van der Waals surface area contributed by atoms with E-state index in [1.807, 2.05) is 0 Å². The summed E-state index contributed by atoms with van der Waals surface area (Å²) in [6, 6.07) is 4.96. The second-order valence-corrected chi connectivity index (χ2v) is 2.84. The number of rotatable bonds is 4. The standard InChI is InChI=1S/C10H12O4/c1-14-8-4-2-3-7(10(8)13)5-6-9(11)12/h2-4,13H,5-6H2,1H3,(H,11,12)/p-1. The van der Waals surface area contributed by atoms with Crippen LogP contribution >= 0.6 is 0 Å². The Morgan fingerprint density at radius 1 is 1.57 bits per heavy atom. The number of carboxylic acid groups (broad SMARTS) is 1. The molecule has 0 atom stereocenters. The van der Waals surface area contributed by atoms with Crippen molar-refractivity contribution in [1.29, 1.82) is 0 Å². The molecule has 0 heterocycles. The number of hydrogen-bond acceptors (Lipinski definition) is 4. The molecule has 0 radical (unpaired) electrons. The Labute approximate surface area is 81.8 Å². The van der Waals surface area contributed by atoms with E-state index in [0.717, 1.165) is 0 Å². The molecule has 4 heteroatoms. The lowest BCUT2D eigenvalue weighted by atomic mass is 10.1. The van der Waals surface area contributed by atoms with Gasteiger partial charge in [-0.05, 0) is 24.5 Å². The maximum atomic E-state index is 10.2. The van der Waals surface area contributed by atoms with Gasteiger partial charge < -0.3 is 19.7 Å². The van der Waals surface area contributed by atoms with E-state index in [1.165, 1.54) is 7.11 Å². The molecule has 0 aromatic heterocycles. The summed E-state index contributed by atoms with van der Waals surface area (Å²) in [5.74, 6) is -0.788. The number of phenolic OH excluding ortho intramolecular Hbond substituents is 1. The number of benzene rings is 1. The molecule has 0 saturated heterocycles. The van der Waals surface area contributed by atoms with Gasteiger partial charge in [0, 0.05) is 5.97 Å². The quantitative estimate of drug-likeness (QED) is 0.738. The van der Waals surface area contributed by atoms with Crippen LogP contribution in [0.15, 0.2) is 18.2 Å². The van der Waals surface area contributed by atoms with Crippen molar-refractivity contribution in [1.82, 2.24) is 0 Å². The summed E-state index contributed by atoms with van der Waals surface area (Å²) >= 11 is 0. The molecule has 0 aliphatic rings. The molecular formula is C10H11O4-. The highest BCUT2D eigenvalue weighted by Crippen LogP contribution is 2.29. The summed E-state index contributed by atoms with van der Waals surface area (Å²) in [5, 5.41) is 19.8. The first-order valence-corrected chi connectivity index (χ1v) is 4.20. The second-order valence-electron chi connectivity index (χ2n) is 2.84. The molecular weight excluding hydrogens is 184 g/mol. The Balaban J connectivity index is 2.81. The van der Waals surface area contributed by atoms with Gasteiger partial charge in [-0.2, -0.15) is 0 Å². The van der Waals surface area contributed by atoms with Crippen LogP contribution in [0.3, 0.4) is 0 Å². The lowest BCUT2D eigenvalue weighted by Gasteiger charge is -2.08. The number of carbonyl (C=O) groups is 1. The van der Waals surface area contributed by atoms with Crippen molar-refractivity contribution in [2.75, 3.05) is 7.11 Å². The third-order valence-corrected chi connectivity index (χ3v) is 1.90. The van der Waals surface area contributed by atoms with Crippen molar-refractivity contribution in [2.24, 2.45) is 0 Å². The van der Waals surface area contributed by atoms with Gasteiger partial charge in [0.25, 0.3) is 0 Å². The third kappa shape index (κ3) is 2.39. The van der Waals surface area contributed by atoms with Crippen LogP contribution in [0.4, 0.5) is 0 Å². The minimum Gasteiger partial charge on any atom is -0.550 e. The maximum absolute atomic E-state index is 10.2. The fourth-order valence-corrected chi connectivity index (χ4v) is 1.17. The van der Waals surface area contributed by atoms with E-state index in [2.05, 4.69) is 0 Å². The summed E-state index contributed by atoms with van der Waals surface area (Å²) in [5.41, 5.74) is 0.550. The van der Waals surface area contributed by atoms with Gasteiger partial charge in [0.1, 0.15) is 0 Å². The van der Waals surface area contributed by atoms with E-state index in [-0.39, 0.29) is 18.6 Å². The van der Waals surface area contributed by atoms with Gasteiger partial charge in [-0.1, -0.05) is 12.1 Å². The Bertz CT molecular complexity index is 333. The average molecular weight is 195 g/mol. The molecule has 0 unspecified atom stereocenters. The monoisotopic (exact) mass is 195 g/mol. The van der Waals surface area contributed by atoms with Crippen molar-refractivity contribution >= 4 is 5.97 Å². The van der Waals surface area contributed by atoms with Crippen LogP contribution in [-0.4, -0.2) is 18.2 Å². The van der Waals surface area contributed by atoms with Gasteiger partial charge in [0.2, 0.25) is 0 Å². The molecule has 1 aromatic carbocycles. The molecule has 1 N–H and O–H groups in total. The maximum Gasteiger partial charge on any atom is 0.160 e. The fourth-order valence-electron chi connectivity index (χ4n) is 1.17. The number of para-hydroxylation sites is 1. The third-order valence-electron chi connectivity index (χ3n) is 1.90. The highest BCUT2D eigenvalue weighted by molar-refractivity contribution is 5.65. The van der Waals surface area contributed by atoms with Crippen molar-refractivity contribution in [3.8, 4) is 11.5 Å². The van der Waals surface area contributed by atoms with Gasteiger partial charge in [0.15, 0.2) is 11.5 Å². The number of hydrogen-bond donors (Lipinski definition) is 1. The molecule has 0 amide bonds. The van der Waals surface area contributed by atoms with Crippen LogP contribution in [0.5, 0.6) is 11.5 Å². The van der Waals surface area contributed by atoms with Crippen LogP contribution < -0.4 is 9.84 Å². The molecule has 1 rings (SSSR count). The van der Waals surface area contributed by atoms with Crippen LogP contribution in [0, 0.1) is 0 Å². The van der Waals surface area contributed by atoms with E-state index in [0.29, 0.717) is 11.3 Å². The Morgan fingerprint density at radius 2 is 2.29 bits per heavy atom. The van der Waals surface area contributed by atoms with Gasteiger partial charge in [-0.25, -0.2) is 0 Å². The van der Waals surface area contributed by atoms with Crippen molar-refractivity contribution < 1.29 is 19.7 Å². The molecule has 76 valence electrons. The smallest absolute Gasteiger partial charge is 0.160 e. The summed E-state index contributed by atoms with van der Waals surface area (Å²) in [7, 11) is 1.44. The van der Waals surface area contributed by atoms with E-state index < -0.39 is 5.97 Å². The van der Waals surface area contributed by atoms with Crippen LogP contribution in [0.1, 0.15) is 12.0 Å². The number of aliphatic carboxylic acids is 1. The number of phenols is 1. The highest BCUT2D eigenvalue weighted by Gasteiger charge is 2.06. The minimum absolute atomic E-state index is 0.00347. The number of aryl methyl sites for hydroxylation is 1. The van der Waals surface area contributed by atoms with Gasteiger partial charge >= 0.3 is 0 Å². The highest BCUT2D eigenvalue weighted by atomic mass is 16.5. The predicted molar refractivity (Wildman–Crippen MR) is 48.0 cm³/mol. The SMILES string of the molecule is COc1cccc(CCC(=O)[O-])c1O. The van der Waals surface area contributed by atoms with Crippen molar-refractivity contribution in [3.05, 3.63) is 23.8 Å². The lowest BCUT2D eigenvalue weighted by molar-refractivity contribution is -0.305. The summed E-state index contributed by atoms with van der Waals surface area (Å²) in [6.45, 7) is 0. The average Bonchev–Trinajstić information content (AvgIpc) is 2.16. The molecule has 14 heavy (non-hydrogen) atoms. The molecule has 4 nitrogen and oxygen atoms in total. The van der Waals surface area contributed by atoms with Crippen LogP contribution in [0.25, 0.3) is 0 Å².